The predicted molar refractivity (Wildman–Crippen MR) is 69.6 cm³/mol. The molecule has 0 saturated carbocycles. The quantitative estimate of drug-likeness (QED) is 0.379. The first-order chi connectivity index (χ1) is 8.41. The Morgan fingerprint density at radius 2 is 1.44 bits per heavy atom. The Morgan fingerprint density at radius 1 is 0.833 bits per heavy atom. The molecule has 106 valence electrons. The fraction of sp³-hybridized carbons (Fsp3) is 0.857. The lowest BCUT2D eigenvalue weighted by Gasteiger charge is -2.05. The van der Waals surface area contributed by atoms with Gasteiger partial charge in [-0.25, -0.2) is 19.4 Å². The number of carbonyl (C=O) groups excluding carboxylic acids is 2. The highest BCUT2D eigenvalue weighted by atomic mass is 17.2. The number of hydrogen-bond acceptors (Lipinski definition) is 4. The van der Waals surface area contributed by atoms with Crippen LogP contribution in [0.5, 0.6) is 0 Å². The summed E-state index contributed by atoms with van der Waals surface area (Å²) in [5, 5.41) is 0. The first-order valence-electron chi connectivity index (χ1n) is 6.82. The third kappa shape index (κ3) is 11.4. The molecule has 0 rings (SSSR count). The van der Waals surface area contributed by atoms with Gasteiger partial charge in [-0.05, 0) is 18.3 Å². The van der Waals surface area contributed by atoms with Crippen LogP contribution in [-0.4, -0.2) is 11.9 Å². The van der Waals surface area contributed by atoms with Crippen molar-refractivity contribution in [2.24, 2.45) is 11.8 Å². The lowest BCUT2D eigenvalue weighted by Crippen LogP contribution is -2.12. The third-order valence-electron chi connectivity index (χ3n) is 2.46. The molecular weight excluding hydrogens is 232 g/mol. The van der Waals surface area contributed by atoms with Crippen LogP contribution in [0.2, 0.25) is 0 Å². The Morgan fingerprint density at radius 3 is 2.00 bits per heavy atom. The van der Waals surface area contributed by atoms with Gasteiger partial charge in [0.1, 0.15) is 0 Å². The summed E-state index contributed by atoms with van der Waals surface area (Å²) < 4.78 is 0. The van der Waals surface area contributed by atoms with E-state index in [1.807, 2.05) is 13.8 Å². The molecule has 0 saturated heterocycles. The minimum atomic E-state index is -0.488. The van der Waals surface area contributed by atoms with Crippen molar-refractivity contribution in [3.63, 3.8) is 0 Å². The Kier molecular flexibility index (Phi) is 9.33. The summed E-state index contributed by atoms with van der Waals surface area (Å²) in [6.45, 7) is 8.17. The van der Waals surface area contributed by atoms with Crippen molar-refractivity contribution in [2.45, 2.75) is 66.2 Å². The van der Waals surface area contributed by atoms with E-state index in [9.17, 15) is 9.59 Å². The van der Waals surface area contributed by atoms with Crippen molar-refractivity contribution in [2.75, 3.05) is 0 Å². The van der Waals surface area contributed by atoms with Gasteiger partial charge in [-0.2, -0.15) is 0 Å². The van der Waals surface area contributed by atoms with Crippen molar-refractivity contribution in [1.29, 1.82) is 0 Å². The maximum atomic E-state index is 11.2. The molecular formula is C14H26O4. The Labute approximate surface area is 110 Å². The van der Waals surface area contributed by atoms with Crippen LogP contribution in [0.3, 0.4) is 0 Å². The van der Waals surface area contributed by atoms with Crippen molar-refractivity contribution in [3.8, 4) is 0 Å². The Balaban J connectivity index is 3.46. The van der Waals surface area contributed by atoms with Gasteiger partial charge in [-0.3, -0.25) is 0 Å². The van der Waals surface area contributed by atoms with E-state index in [0.717, 1.165) is 19.3 Å². The third-order valence-corrected chi connectivity index (χ3v) is 2.46. The van der Waals surface area contributed by atoms with Gasteiger partial charge in [0.25, 0.3) is 0 Å². The van der Waals surface area contributed by atoms with Crippen LogP contribution < -0.4 is 0 Å². The summed E-state index contributed by atoms with van der Waals surface area (Å²) in [6, 6.07) is 0. The number of unbranched alkanes of at least 4 members (excludes halogenated alkanes) is 2. The molecule has 0 aliphatic carbocycles. The molecule has 0 fully saturated rings. The smallest absolute Gasteiger partial charge is 0.247 e. The summed E-state index contributed by atoms with van der Waals surface area (Å²) in [6.07, 6.45) is 4.67. The predicted octanol–water partition coefficient (Wildman–Crippen LogP) is 3.64. The molecule has 0 aliphatic heterocycles. The van der Waals surface area contributed by atoms with E-state index in [-0.39, 0.29) is 12.3 Å². The van der Waals surface area contributed by atoms with Crippen LogP contribution in [-0.2, 0) is 19.4 Å². The largest absolute Gasteiger partial charge is 0.355 e. The highest BCUT2D eigenvalue weighted by Crippen LogP contribution is 2.10. The lowest BCUT2D eigenvalue weighted by atomic mass is 10.0. The van der Waals surface area contributed by atoms with Crippen molar-refractivity contribution in [1.82, 2.24) is 0 Å². The summed E-state index contributed by atoms with van der Waals surface area (Å²) in [5.41, 5.74) is 0. The van der Waals surface area contributed by atoms with Crippen LogP contribution in [0.25, 0.3) is 0 Å². The number of rotatable bonds is 8. The Hall–Kier alpha value is -1.06. The first-order valence-corrected chi connectivity index (χ1v) is 6.82. The second-order valence-electron chi connectivity index (χ2n) is 5.50. The molecule has 0 bridgehead atoms. The molecule has 0 atom stereocenters. The van der Waals surface area contributed by atoms with Gasteiger partial charge in [0.2, 0.25) is 0 Å². The van der Waals surface area contributed by atoms with Gasteiger partial charge in [0.15, 0.2) is 0 Å². The van der Waals surface area contributed by atoms with Crippen LogP contribution in [0.15, 0.2) is 0 Å². The van der Waals surface area contributed by atoms with E-state index in [4.69, 9.17) is 0 Å². The zero-order chi connectivity index (χ0) is 14.0. The van der Waals surface area contributed by atoms with Crippen LogP contribution in [0.1, 0.15) is 66.2 Å². The second-order valence-corrected chi connectivity index (χ2v) is 5.50. The van der Waals surface area contributed by atoms with Crippen LogP contribution in [0.4, 0.5) is 0 Å². The Bertz CT molecular complexity index is 246. The van der Waals surface area contributed by atoms with Gasteiger partial charge in [-0.1, -0.05) is 47.0 Å². The van der Waals surface area contributed by atoms with Crippen LogP contribution >= 0.6 is 0 Å². The van der Waals surface area contributed by atoms with E-state index >= 15 is 0 Å². The molecule has 0 radical (unpaired) electrons. The SMILES string of the molecule is CC(C)CCCCCC(=O)OOC(=O)CC(C)C. The second kappa shape index (κ2) is 9.92. The molecule has 0 aliphatic rings. The minimum Gasteiger partial charge on any atom is -0.247 e. The number of carbonyl (C=O) groups is 2. The molecule has 0 N–H and O–H groups in total. The molecule has 0 aromatic carbocycles. The van der Waals surface area contributed by atoms with Crippen LogP contribution in [0, 0.1) is 11.8 Å². The summed E-state index contributed by atoms with van der Waals surface area (Å²) in [4.78, 5) is 31.2. The van der Waals surface area contributed by atoms with Gasteiger partial charge < -0.3 is 0 Å². The molecule has 0 unspecified atom stereocenters. The minimum absolute atomic E-state index is 0.201. The van der Waals surface area contributed by atoms with Crippen molar-refractivity contribution in [3.05, 3.63) is 0 Å². The summed E-state index contributed by atoms with van der Waals surface area (Å²) in [7, 11) is 0. The zero-order valence-electron chi connectivity index (χ0n) is 12.0. The van der Waals surface area contributed by atoms with Crippen molar-refractivity contribution >= 4 is 11.9 Å². The van der Waals surface area contributed by atoms with Gasteiger partial charge in [0.05, 0.1) is 12.8 Å². The molecule has 18 heavy (non-hydrogen) atoms. The zero-order valence-corrected chi connectivity index (χ0v) is 12.0. The normalized spacial score (nSPS) is 10.8. The average Bonchev–Trinajstić information content (AvgIpc) is 2.24. The summed E-state index contributed by atoms with van der Waals surface area (Å²) >= 11 is 0. The van der Waals surface area contributed by atoms with Gasteiger partial charge >= 0.3 is 11.9 Å². The molecule has 0 spiro atoms. The standard InChI is InChI=1S/C14H26O4/c1-11(2)8-6-5-7-9-13(15)17-18-14(16)10-12(3)4/h11-12H,5-10H2,1-4H3. The highest BCUT2D eigenvalue weighted by Gasteiger charge is 2.11. The van der Waals surface area contributed by atoms with E-state index < -0.39 is 11.9 Å². The first kappa shape index (κ1) is 16.9. The molecule has 4 heteroatoms. The number of hydrogen-bond donors (Lipinski definition) is 0. The fourth-order valence-corrected chi connectivity index (χ4v) is 1.50. The topological polar surface area (TPSA) is 52.6 Å². The maximum Gasteiger partial charge on any atom is 0.355 e. The van der Waals surface area contributed by atoms with E-state index in [1.165, 1.54) is 6.42 Å². The molecule has 0 heterocycles. The molecule has 0 aromatic rings. The molecule has 0 amide bonds. The maximum absolute atomic E-state index is 11.2. The molecule has 0 aromatic heterocycles. The van der Waals surface area contributed by atoms with E-state index in [2.05, 4.69) is 23.6 Å². The lowest BCUT2D eigenvalue weighted by molar-refractivity contribution is -0.259. The monoisotopic (exact) mass is 258 g/mol. The molecule has 4 nitrogen and oxygen atoms in total. The van der Waals surface area contributed by atoms with Crippen molar-refractivity contribution < 1.29 is 19.4 Å². The fourth-order valence-electron chi connectivity index (χ4n) is 1.50. The van der Waals surface area contributed by atoms with Gasteiger partial charge in [-0.15, -0.1) is 0 Å². The average molecular weight is 258 g/mol. The van der Waals surface area contributed by atoms with Gasteiger partial charge in [0, 0.05) is 0 Å². The van der Waals surface area contributed by atoms with E-state index in [0.29, 0.717) is 12.3 Å². The highest BCUT2D eigenvalue weighted by molar-refractivity contribution is 5.72. The van der Waals surface area contributed by atoms with E-state index in [1.54, 1.807) is 0 Å². The summed E-state index contributed by atoms with van der Waals surface area (Å²) in [5.74, 6) is -0.0454.